The number of non-ortho nitro benzene ring substituents is 1. The minimum atomic E-state index is -4.16. The number of nitrogens with zero attached hydrogens (tertiary/aromatic N) is 2. The molecule has 3 aromatic rings. The molecule has 0 radical (unpaired) electrons. The number of hydrazone groups is 1. The van der Waals surface area contributed by atoms with Crippen molar-refractivity contribution in [1.82, 2.24) is 5.43 Å². The van der Waals surface area contributed by atoms with E-state index in [1.165, 1.54) is 30.5 Å². The van der Waals surface area contributed by atoms with Gasteiger partial charge in [0.25, 0.3) is 11.6 Å². The lowest BCUT2D eigenvalue weighted by Crippen LogP contribution is -2.24. The Labute approximate surface area is 193 Å². The first kappa shape index (κ1) is 23.7. The fraction of sp³-hybridized carbons (Fsp3) is 0.0476. The van der Waals surface area contributed by atoms with Gasteiger partial charge in [0, 0.05) is 17.2 Å². The maximum Gasteiger partial charge on any atom is 0.339 e. The molecule has 0 unspecified atom stereocenters. The molecule has 0 bridgehead atoms. The standard InChI is InChI=1S/C21H16ClN3O7S/c22-16-3-9-18(10-4-16)31-14-21(26)24-23-13-15-1-7-19(8-2-15)32-33(29,30)20-11-5-17(6-12-20)25(27)28/h1-13H,14H2,(H,24,26)/b23-13-. The first-order chi connectivity index (χ1) is 15.7. The van der Waals surface area contributed by atoms with Gasteiger partial charge in [-0.2, -0.15) is 13.5 Å². The number of carbonyl (C=O) groups excluding carboxylic acids is 1. The molecule has 0 aromatic heterocycles. The van der Waals surface area contributed by atoms with Gasteiger partial charge in [0.2, 0.25) is 0 Å². The van der Waals surface area contributed by atoms with E-state index in [1.807, 2.05) is 0 Å². The first-order valence-electron chi connectivity index (χ1n) is 9.22. The van der Waals surface area contributed by atoms with Crippen molar-refractivity contribution in [2.45, 2.75) is 4.90 Å². The fourth-order valence-corrected chi connectivity index (χ4v) is 3.47. The van der Waals surface area contributed by atoms with Crippen molar-refractivity contribution in [1.29, 1.82) is 0 Å². The monoisotopic (exact) mass is 489 g/mol. The number of nitro benzene ring substituents is 1. The van der Waals surface area contributed by atoms with E-state index in [1.54, 1.807) is 24.3 Å². The smallest absolute Gasteiger partial charge is 0.339 e. The lowest BCUT2D eigenvalue weighted by Gasteiger charge is -2.07. The van der Waals surface area contributed by atoms with Gasteiger partial charge >= 0.3 is 10.1 Å². The zero-order chi connectivity index (χ0) is 23.8. The molecule has 33 heavy (non-hydrogen) atoms. The third-order valence-corrected chi connectivity index (χ3v) is 5.52. The highest BCUT2D eigenvalue weighted by Crippen LogP contribution is 2.21. The van der Waals surface area contributed by atoms with Crippen LogP contribution < -0.4 is 14.3 Å². The van der Waals surface area contributed by atoms with E-state index in [9.17, 15) is 23.3 Å². The van der Waals surface area contributed by atoms with E-state index in [2.05, 4.69) is 10.5 Å². The summed E-state index contributed by atoms with van der Waals surface area (Å²) >= 11 is 5.77. The molecule has 0 atom stereocenters. The molecule has 0 aliphatic carbocycles. The van der Waals surface area contributed by atoms with E-state index in [-0.39, 0.29) is 22.9 Å². The van der Waals surface area contributed by atoms with Crippen LogP contribution in [0.15, 0.2) is 82.8 Å². The van der Waals surface area contributed by atoms with E-state index in [0.717, 1.165) is 24.3 Å². The van der Waals surface area contributed by atoms with Gasteiger partial charge in [0.15, 0.2) is 6.61 Å². The van der Waals surface area contributed by atoms with Crippen molar-refractivity contribution in [3.05, 3.63) is 93.5 Å². The zero-order valence-electron chi connectivity index (χ0n) is 16.8. The van der Waals surface area contributed by atoms with Crippen LogP contribution in [0.5, 0.6) is 11.5 Å². The second-order valence-corrected chi connectivity index (χ2v) is 8.38. The molecule has 170 valence electrons. The summed E-state index contributed by atoms with van der Waals surface area (Å²) in [7, 11) is -4.16. The lowest BCUT2D eigenvalue weighted by atomic mass is 10.2. The van der Waals surface area contributed by atoms with Crippen LogP contribution in [-0.2, 0) is 14.9 Å². The summed E-state index contributed by atoms with van der Waals surface area (Å²) in [5.74, 6) is 0.0408. The largest absolute Gasteiger partial charge is 0.484 e. The lowest BCUT2D eigenvalue weighted by molar-refractivity contribution is -0.384. The predicted octanol–water partition coefficient (Wildman–Crippen LogP) is 3.55. The molecule has 0 spiro atoms. The highest BCUT2D eigenvalue weighted by atomic mass is 35.5. The normalized spacial score (nSPS) is 11.2. The Kier molecular flexibility index (Phi) is 7.59. The molecule has 0 fully saturated rings. The quantitative estimate of drug-likeness (QED) is 0.210. The molecule has 0 saturated heterocycles. The van der Waals surface area contributed by atoms with Crippen molar-refractivity contribution in [3.63, 3.8) is 0 Å². The van der Waals surface area contributed by atoms with Crippen LogP contribution in [-0.4, -0.2) is 32.1 Å². The van der Waals surface area contributed by atoms with Gasteiger partial charge in [-0.15, -0.1) is 0 Å². The number of nitrogens with one attached hydrogen (secondary N) is 1. The number of carbonyl (C=O) groups is 1. The van der Waals surface area contributed by atoms with Gasteiger partial charge in [0.05, 0.1) is 11.1 Å². The Bertz CT molecular complexity index is 1260. The Hall–Kier alpha value is -3.96. The molecule has 1 N–H and O–H groups in total. The van der Waals surface area contributed by atoms with Gasteiger partial charge in [-0.25, -0.2) is 5.43 Å². The van der Waals surface area contributed by atoms with Crippen LogP contribution in [0, 0.1) is 10.1 Å². The van der Waals surface area contributed by atoms with Crippen LogP contribution in [0.2, 0.25) is 5.02 Å². The molecule has 12 heteroatoms. The summed E-state index contributed by atoms with van der Waals surface area (Å²) in [6, 6.07) is 16.7. The van der Waals surface area contributed by atoms with Gasteiger partial charge < -0.3 is 8.92 Å². The van der Waals surface area contributed by atoms with Crippen molar-refractivity contribution >= 4 is 39.5 Å². The molecule has 0 saturated carbocycles. The minimum Gasteiger partial charge on any atom is -0.484 e. The highest BCUT2D eigenvalue weighted by molar-refractivity contribution is 7.87. The third kappa shape index (κ3) is 7.02. The van der Waals surface area contributed by atoms with Crippen LogP contribution >= 0.6 is 11.6 Å². The van der Waals surface area contributed by atoms with Gasteiger partial charge in [-0.1, -0.05) is 11.6 Å². The molecule has 10 nitrogen and oxygen atoms in total. The molecule has 1 amide bonds. The molecular weight excluding hydrogens is 474 g/mol. The van der Waals surface area contributed by atoms with Crippen molar-refractivity contribution < 1.29 is 27.1 Å². The van der Waals surface area contributed by atoms with Crippen LogP contribution in [0.3, 0.4) is 0 Å². The Balaban J connectivity index is 1.51. The Morgan fingerprint density at radius 1 is 1.00 bits per heavy atom. The average molecular weight is 490 g/mol. The molecule has 3 rings (SSSR count). The summed E-state index contributed by atoms with van der Waals surface area (Å²) in [5.41, 5.74) is 2.63. The van der Waals surface area contributed by atoms with E-state index < -0.39 is 20.9 Å². The fourth-order valence-electron chi connectivity index (χ4n) is 2.41. The van der Waals surface area contributed by atoms with Crippen LogP contribution in [0.25, 0.3) is 0 Å². The SMILES string of the molecule is O=C(COc1ccc(Cl)cc1)N/N=C\c1ccc(OS(=O)(=O)c2ccc([N+](=O)[O-])cc2)cc1. The van der Waals surface area contributed by atoms with Crippen molar-refractivity contribution in [2.24, 2.45) is 5.10 Å². The molecular formula is C21H16ClN3O7S. The third-order valence-electron chi connectivity index (χ3n) is 4.01. The summed E-state index contributed by atoms with van der Waals surface area (Å²) < 4.78 is 34.9. The van der Waals surface area contributed by atoms with Gasteiger partial charge in [0.1, 0.15) is 16.4 Å². The molecule has 0 aliphatic heterocycles. The number of halogens is 1. The Morgan fingerprint density at radius 3 is 2.21 bits per heavy atom. The van der Waals surface area contributed by atoms with Crippen LogP contribution in [0.1, 0.15) is 5.56 Å². The van der Waals surface area contributed by atoms with Gasteiger partial charge in [-0.3, -0.25) is 14.9 Å². The highest BCUT2D eigenvalue weighted by Gasteiger charge is 2.18. The maximum atomic E-state index is 12.3. The second-order valence-electron chi connectivity index (χ2n) is 6.39. The second kappa shape index (κ2) is 10.6. The van der Waals surface area contributed by atoms with E-state index in [4.69, 9.17) is 20.5 Å². The topological polar surface area (TPSA) is 137 Å². The molecule has 3 aromatic carbocycles. The predicted molar refractivity (Wildman–Crippen MR) is 120 cm³/mol. The Morgan fingerprint density at radius 2 is 1.61 bits per heavy atom. The number of benzene rings is 3. The maximum absolute atomic E-state index is 12.3. The summed E-state index contributed by atoms with van der Waals surface area (Å²) in [5, 5.41) is 15.0. The van der Waals surface area contributed by atoms with Crippen molar-refractivity contribution in [3.8, 4) is 11.5 Å². The molecule has 0 heterocycles. The average Bonchev–Trinajstić information content (AvgIpc) is 2.80. The number of rotatable bonds is 9. The van der Waals surface area contributed by atoms with Crippen LogP contribution in [0.4, 0.5) is 5.69 Å². The summed E-state index contributed by atoms with van der Waals surface area (Å²) in [6.07, 6.45) is 1.36. The number of amides is 1. The number of ether oxygens (including phenoxy) is 1. The van der Waals surface area contributed by atoms with E-state index >= 15 is 0 Å². The molecule has 0 aliphatic rings. The number of nitro groups is 1. The van der Waals surface area contributed by atoms with Gasteiger partial charge in [-0.05, 0) is 66.2 Å². The minimum absolute atomic E-state index is 0.0332. The first-order valence-corrected chi connectivity index (χ1v) is 11.0. The van der Waals surface area contributed by atoms with E-state index in [0.29, 0.717) is 16.3 Å². The number of hydrogen-bond donors (Lipinski definition) is 1. The summed E-state index contributed by atoms with van der Waals surface area (Å²) in [6.45, 7) is -0.244. The summed E-state index contributed by atoms with van der Waals surface area (Å²) in [4.78, 5) is 21.6. The number of hydrogen-bond acceptors (Lipinski definition) is 8. The van der Waals surface area contributed by atoms with Crippen molar-refractivity contribution in [2.75, 3.05) is 6.61 Å². The zero-order valence-corrected chi connectivity index (χ0v) is 18.3.